The Morgan fingerprint density at radius 1 is 1.44 bits per heavy atom. The van der Waals surface area contributed by atoms with Gasteiger partial charge in [0.15, 0.2) is 5.17 Å². The molecule has 1 atom stereocenters. The summed E-state index contributed by atoms with van der Waals surface area (Å²) in [5.41, 5.74) is 0. The minimum Gasteiger partial charge on any atom is -0.364 e. The van der Waals surface area contributed by atoms with Crippen LogP contribution >= 0.6 is 11.8 Å². The molecule has 0 fully saturated rings. The van der Waals surface area contributed by atoms with Crippen molar-refractivity contribution in [3.8, 4) is 0 Å². The summed E-state index contributed by atoms with van der Waals surface area (Å²) in [7, 11) is 0. The first-order valence-electron chi connectivity index (χ1n) is 6.93. The fourth-order valence-electron chi connectivity index (χ4n) is 2.00. The maximum absolute atomic E-state index is 11.8. The fourth-order valence-corrected chi connectivity index (χ4v) is 3.15. The predicted molar refractivity (Wildman–Crippen MR) is 79.1 cm³/mol. The molecule has 1 rings (SSSR count). The Morgan fingerprint density at radius 3 is 2.78 bits per heavy atom. The van der Waals surface area contributed by atoms with Gasteiger partial charge < -0.3 is 10.2 Å². The number of nitrogens with zero attached hydrogens (tertiary/aromatic N) is 2. The molecule has 104 valence electrons. The zero-order valence-electron chi connectivity index (χ0n) is 11.7. The molecule has 1 aliphatic rings. The number of aliphatic imine (C=N–C) groups is 1. The van der Waals surface area contributed by atoms with E-state index < -0.39 is 0 Å². The van der Waals surface area contributed by atoms with Crippen molar-refractivity contribution in [1.29, 1.82) is 0 Å². The first-order valence-corrected chi connectivity index (χ1v) is 7.81. The average Bonchev–Trinajstić information content (AvgIpc) is 2.79. The summed E-state index contributed by atoms with van der Waals surface area (Å²) in [5, 5.41) is 4.92. The molecule has 1 amide bonds. The summed E-state index contributed by atoms with van der Waals surface area (Å²) in [6.45, 7) is 9.44. The van der Waals surface area contributed by atoms with Crippen molar-refractivity contribution < 1.29 is 4.79 Å². The van der Waals surface area contributed by atoms with E-state index in [2.05, 4.69) is 17.2 Å². The van der Waals surface area contributed by atoms with Crippen LogP contribution in [0.15, 0.2) is 4.99 Å². The van der Waals surface area contributed by atoms with E-state index in [0.717, 1.165) is 24.8 Å². The molecule has 0 aromatic rings. The normalized spacial score (nSPS) is 18.6. The maximum Gasteiger partial charge on any atom is 0.224 e. The molecule has 0 aliphatic carbocycles. The number of carbonyl (C=O) groups excluding carboxylic acids is 1. The Hall–Kier alpha value is -0.710. The van der Waals surface area contributed by atoms with Crippen molar-refractivity contribution >= 4 is 22.8 Å². The minimum absolute atomic E-state index is 0.223. The third-order valence-corrected chi connectivity index (χ3v) is 4.27. The SMILES string of the molecule is CCCC1CN=C(NCCC(=O)N(CC)CC)S1. The van der Waals surface area contributed by atoms with Gasteiger partial charge in [-0.15, -0.1) is 0 Å². The van der Waals surface area contributed by atoms with Crippen molar-refractivity contribution in [3.05, 3.63) is 0 Å². The Bertz CT molecular complexity index is 290. The van der Waals surface area contributed by atoms with Gasteiger partial charge in [0.2, 0.25) is 5.91 Å². The Kier molecular flexibility index (Phi) is 7.16. The fraction of sp³-hybridized carbons (Fsp3) is 0.846. The largest absolute Gasteiger partial charge is 0.364 e. The van der Waals surface area contributed by atoms with Crippen LogP contribution in [0, 0.1) is 0 Å². The van der Waals surface area contributed by atoms with Crippen LogP contribution in [0.3, 0.4) is 0 Å². The topological polar surface area (TPSA) is 44.7 Å². The number of rotatable bonds is 7. The highest BCUT2D eigenvalue weighted by atomic mass is 32.2. The van der Waals surface area contributed by atoms with Gasteiger partial charge in [0.05, 0.1) is 6.54 Å². The van der Waals surface area contributed by atoms with Crippen molar-refractivity contribution in [3.63, 3.8) is 0 Å². The number of amides is 1. The smallest absolute Gasteiger partial charge is 0.224 e. The van der Waals surface area contributed by atoms with E-state index in [1.807, 2.05) is 30.5 Å². The summed E-state index contributed by atoms with van der Waals surface area (Å²) in [4.78, 5) is 18.1. The lowest BCUT2D eigenvalue weighted by atomic mass is 10.2. The molecule has 1 aliphatic heterocycles. The highest BCUT2D eigenvalue weighted by Crippen LogP contribution is 2.23. The van der Waals surface area contributed by atoms with Gasteiger partial charge in [-0.2, -0.15) is 0 Å². The van der Waals surface area contributed by atoms with E-state index in [4.69, 9.17) is 0 Å². The van der Waals surface area contributed by atoms with E-state index in [1.54, 1.807) is 0 Å². The molecular formula is C13H25N3OS. The van der Waals surface area contributed by atoms with Crippen LogP contribution in [0.25, 0.3) is 0 Å². The van der Waals surface area contributed by atoms with Crippen LogP contribution in [-0.2, 0) is 4.79 Å². The molecule has 1 unspecified atom stereocenters. The number of amidine groups is 1. The molecule has 5 heteroatoms. The quantitative estimate of drug-likeness (QED) is 0.771. The van der Waals surface area contributed by atoms with Crippen LogP contribution in [0.1, 0.15) is 40.0 Å². The predicted octanol–water partition coefficient (Wildman–Crippen LogP) is 2.11. The van der Waals surface area contributed by atoms with Gasteiger partial charge in [0.25, 0.3) is 0 Å². The lowest BCUT2D eigenvalue weighted by Crippen LogP contribution is -2.33. The van der Waals surface area contributed by atoms with Gasteiger partial charge in [0.1, 0.15) is 0 Å². The molecular weight excluding hydrogens is 246 g/mol. The van der Waals surface area contributed by atoms with Crippen LogP contribution < -0.4 is 5.32 Å². The van der Waals surface area contributed by atoms with E-state index in [-0.39, 0.29) is 5.91 Å². The maximum atomic E-state index is 11.8. The number of hydrogen-bond acceptors (Lipinski definition) is 4. The first kappa shape index (κ1) is 15.3. The standard InChI is InChI=1S/C13H25N3OS/c1-4-7-11-10-15-13(18-11)14-9-8-12(17)16(5-2)6-3/h11H,4-10H2,1-3H3,(H,14,15). The number of thioether (sulfide) groups is 1. The summed E-state index contributed by atoms with van der Waals surface area (Å²) >= 11 is 1.82. The van der Waals surface area contributed by atoms with E-state index >= 15 is 0 Å². The summed E-state index contributed by atoms with van der Waals surface area (Å²) < 4.78 is 0. The Balaban J connectivity index is 2.17. The molecule has 0 bridgehead atoms. The van der Waals surface area contributed by atoms with Crippen LogP contribution in [0.5, 0.6) is 0 Å². The Morgan fingerprint density at radius 2 is 2.17 bits per heavy atom. The second-order valence-corrected chi connectivity index (χ2v) is 5.71. The zero-order valence-corrected chi connectivity index (χ0v) is 12.6. The van der Waals surface area contributed by atoms with E-state index in [0.29, 0.717) is 18.2 Å². The highest BCUT2D eigenvalue weighted by Gasteiger charge is 2.18. The monoisotopic (exact) mass is 271 g/mol. The molecule has 1 N–H and O–H groups in total. The van der Waals surface area contributed by atoms with Gasteiger partial charge in [-0.05, 0) is 20.3 Å². The van der Waals surface area contributed by atoms with Gasteiger partial charge in [-0.1, -0.05) is 25.1 Å². The van der Waals surface area contributed by atoms with Crippen molar-refractivity contribution in [2.24, 2.45) is 4.99 Å². The van der Waals surface area contributed by atoms with Gasteiger partial charge in [0, 0.05) is 31.3 Å². The second-order valence-electron chi connectivity index (χ2n) is 4.42. The molecule has 0 saturated carbocycles. The van der Waals surface area contributed by atoms with Gasteiger partial charge >= 0.3 is 0 Å². The van der Waals surface area contributed by atoms with Crippen LogP contribution in [0.2, 0.25) is 0 Å². The van der Waals surface area contributed by atoms with Gasteiger partial charge in [-0.25, -0.2) is 0 Å². The minimum atomic E-state index is 0.223. The highest BCUT2D eigenvalue weighted by molar-refractivity contribution is 8.14. The van der Waals surface area contributed by atoms with Gasteiger partial charge in [-0.3, -0.25) is 9.79 Å². The number of carbonyl (C=O) groups is 1. The van der Waals surface area contributed by atoms with Crippen molar-refractivity contribution in [1.82, 2.24) is 10.2 Å². The van der Waals surface area contributed by atoms with Crippen molar-refractivity contribution in [2.45, 2.75) is 45.3 Å². The lowest BCUT2D eigenvalue weighted by molar-refractivity contribution is -0.130. The molecule has 4 nitrogen and oxygen atoms in total. The molecule has 0 saturated heterocycles. The molecule has 0 aromatic carbocycles. The molecule has 0 aromatic heterocycles. The second kappa shape index (κ2) is 8.40. The van der Waals surface area contributed by atoms with E-state index in [1.165, 1.54) is 12.8 Å². The molecule has 18 heavy (non-hydrogen) atoms. The summed E-state index contributed by atoms with van der Waals surface area (Å²) in [6.07, 6.45) is 2.98. The lowest BCUT2D eigenvalue weighted by Gasteiger charge is -2.18. The van der Waals surface area contributed by atoms with Crippen LogP contribution in [-0.4, -0.2) is 47.4 Å². The van der Waals surface area contributed by atoms with Crippen molar-refractivity contribution in [2.75, 3.05) is 26.2 Å². The number of nitrogens with one attached hydrogen (secondary N) is 1. The van der Waals surface area contributed by atoms with Crippen LogP contribution in [0.4, 0.5) is 0 Å². The summed E-state index contributed by atoms with van der Waals surface area (Å²) in [5.74, 6) is 0.223. The van der Waals surface area contributed by atoms with E-state index in [9.17, 15) is 4.79 Å². The first-order chi connectivity index (χ1) is 8.71. The number of hydrogen-bond donors (Lipinski definition) is 1. The Labute approximate surface area is 115 Å². The third-order valence-electron chi connectivity index (χ3n) is 3.06. The summed E-state index contributed by atoms with van der Waals surface area (Å²) in [6, 6.07) is 0. The third kappa shape index (κ3) is 4.88. The molecule has 1 heterocycles. The zero-order chi connectivity index (χ0) is 13.4. The average molecular weight is 271 g/mol. The molecule has 0 spiro atoms. The molecule has 0 radical (unpaired) electrons.